The fraction of sp³-hybridized carbons (Fsp3) is 0. The van der Waals surface area contributed by atoms with Gasteiger partial charge >= 0.3 is 0 Å². The zero-order valence-electron chi connectivity index (χ0n) is 7.49. The Kier molecular flexibility index (Phi) is 1.34. The summed E-state index contributed by atoms with van der Waals surface area (Å²) < 4.78 is 0. The van der Waals surface area contributed by atoms with Crippen LogP contribution in [0, 0.1) is 5.41 Å². The highest BCUT2D eigenvalue weighted by Gasteiger charge is 2.03. The summed E-state index contributed by atoms with van der Waals surface area (Å²) >= 11 is 0. The Morgan fingerprint density at radius 3 is 2.79 bits per heavy atom. The minimum atomic E-state index is 0.344. The molecule has 1 heterocycles. The van der Waals surface area contributed by atoms with Gasteiger partial charge in [0.15, 0.2) is 0 Å². The van der Waals surface area contributed by atoms with E-state index in [1.54, 1.807) is 6.08 Å². The third-order valence-corrected chi connectivity index (χ3v) is 2.46. The van der Waals surface area contributed by atoms with E-state index in [0.717, 1.165) is 16.0 Å². The third-order valence-electron chi connectivity index (χ3n) is 2.46. The summed E-state index contributed by atoms with van der Waals surface area (Å²) in [5.41, 5.74) is 0. The number of nitrogens with one attached hydrogen (secondary N) is 1. The van der Waals surface area contributed by atoms with E-state index in [0.29, 0.717) is 5.84 Å². The summed E-state index contributed by atoms with van der Waals surface area (Å²) in [6, 6.07) is 12.2. The van der Waals surface area contributed by atoms with Crippen molar-refractivity contribution in [2.45, 2.75) is 0 Å². The molecule has 2 nitrogen and oxygen atoms in total. The molecule has 1 aliphatic rings. The lowest BCUT2D eigenvalue weighted by Crippen LogP contribution is -2.21. The van der Waals surface area contributed by atoms with Crippen molar-refractivity contribution in [1.82, 2.24) is 0 Å². The SMILES string of the molecule is N=C1C=c2ccc3ccccc3c2=N1. The van der Waals surface area contributed by atoms with E-state index in [2.05, 4.69) is 17.1 Å². The van der Waals surface area contributed by atoms with Gasteiger partial charge in [0.2, 0.25) is 0 Å². The predicted molar refractivity (Wildman–Crippen MR) is 56.9 cm³/mol. The summed E-state index contributed by atoms with van der Waals surface area (Å²) in [7, 11) is 0. The topological polar surface area (TPSA) is 36.2 Å². The molecule has 66 valence electrons. The van der Waals surface area contributed by atoms with Crippen LogP contribution in [0.2, 0.25) is 0 Å². The molecule has 14 heavy (non-hydrogen) atoms. The Balaban J connectivity index is 2.65. The van der Waals surface area contributed by atoms with E-state index < -0.39 is 0 Å². The number of amidine groups is 1. The summed E-state index contributed by atoms with van der Waals surface area (Å²) in [6.45, 7) is 0. The third kappa shape index (κ3) is 0.909. The van der Waals surface area contributed by atoms with E-state index in [1.165, 1.54) is 5.39 Å². The van der Waals surface area contributed by atoms with Gasteiger partial charge in [0.1, 0.15) is 5.84 Å². The summed E-state index contributed by atoms with van der Waals surface area (Å²) in [6.07, 6.45) is 1.79. The summed E-state index contributed by atoms with van der Waals surface area (Å²) in [5, 5.41) is 11.8. The van der Waals surface area contributed by atoms with Gasteiger partial charge in [-0.1, -0.05) is 36.4 Å². The Labute approximate surface area is 80.7 Å². The van der Waals surface area contributed by atoms with Crippen molar-refractivity contribution < 1.29 is 0 Å². The number of benzene rings is 2. The van der Waals surface area contributed by atoms with Gasteiger partial charge in [0, 0.05) is 10.6 Å². The molecule has 0 radical (unpaired) electrons. The number of hydrogen-bond donors (Lipinski definition) is 1. The van der Waals surface area contributed by atoms with Crippen molar-refractivity contribution in [3.05, 3.63) is 47.0 Å². The molecule has 0 saturated heterocycles. The maximum Gasteiger partial charge on any atom is 0.145 e. The number of rotatable bonds is 0. The van der Waals surface area contributed by atoms with E-state index in [9.17, 15) is 0 Å². The molecule has 1 aliphatic heterocycles. The van der Waals surface area contributed by atoms with Gasteiger partial charge in [-0.2, -0.15) is 0 Å². The van der Waals surface area contributed by atoms with Gasteiger partial charge in [-0.15, -0.1) is 0 Å². The summed E-state index contributed by atoms with van der Waals surface area (Å²) in [5.74, 6) is 0.344. The monoisotopic (exact) mass is 180 g/mol. The van der Waals surface area contributed by atoms with Crippen molar-refractivity contribution in [2.75, 3.05) is 0 Å². The molecule has 0 unspecified atom stereocenters. The van der Waals surface area contributed by atoms with Crippen LogP contribution >= 0.6 is 0 Å². The molecule has 2 heteroatoms. The Hall–Kier alpha value is -1.96. The lowest BCUT2D eigenvalue weighted by Gasteiger charge is -1.95. The fourth-order valence-electron chi connectivity index (χ4n) is 1.81. The van der Waals surface area contributed by atoms with Crippen molar-refractivity contribution in [1.29, 1.82) is 5.41 Å². The van der Waals surface area contributed by atoms with E-state index >= 15 is 0 Å². The van der Waals surface area contributed by atoms with Crippen LogP contribution < -0.4 is 10.6 Å². The molecule has 0 amide bonds. The molecule has 0 aliphatic carbocycles. The first-order valence-corrected chi connectivity index (χ1v) is 4.51. The summed E-state index contributed by atoms with van der Waals surface area (Å²) in [4.78, 5) is 4.21. The molecule has 2 aromatic rings. The average Bonchev–Trinajstić information content (AvgIpc) is 2.59. The Morgan fingerprint density at radius 2 is 1.86 bits per heavy atom. The second-order valence-electron chi connectivity index (χ2n) is 3.37. The highest BCUT2D eigenvalue weighted by Crippen LogP contribution is 2.07. The average molecular weight is 180 g/mol. The van der Waals surface area contributed by atoms with Crippen LogP contribution in [0.4, 0.5) is 0 Å². The maximum absolute atomic E-state index is 7.49. The quantitative estimate of drug-likeness (QED) is 0.633. The Bertz CT molecular complexity index is 654. The van der Waals surface area contributed by atoms with Gasteiger partial charge < -0.3 is 0 Å². The first-order chi connectivity index (χ1) is 6.84. The number of fused-ring (bicyclic) bond motifs is 3. The van der Waals surface area contributed by atoms with Crippen LogP contribution in [0.3, 0.4) is 0 Å². The van der Waals surface area contributed by atoms with E-state index in [1.807, 2.05) is 24.3 Å². The van der Waals surface area contributed by atoms with Crippen molar-refractivity contribution in [3.8, 4) is 0 Å². The molecule has 1 N–H and O–H groups in total. The second-order valence-corrected chi connectivity index (χ2v) is 3.37. The largest absolute Gasteiger partial charge is 0.283 e. The first-order valence-electron chi connectivity index (χ1n) is 4.51. The molecule has 0 bridgehead atoms. The number of hydrogen-bond acceptors (Lipinski definition) is 1. The molecule has 0 spiro atoms. The molecule has 3 rings (SSSR count). The molecular formula is C12H8N2. The van der Waals surface area contributed by atoms with Crippen LogP contribution in [0.15, 0.2) is 41.4 Å². The molecule has 0 saturated carbocycles. The Morgan fingerprint density at radius 1 is 1.00 bits per heavy atom. The molecule has 0 atom stereocenters. The van der Waals surface area contributed by atoms with Crippen molar-refractivity contribution >= 4 is 22.7 Å². The van der Waals surface area contributed by atoms with Gasteiger partial charge in [0.25, 0.3) is 0 Å². The predicted octanol–water partition coefficient (Wildman–Crippen LogP) is 1.23. The van der Waals surface area contributed by atoms with Crippen LogP contribution in [0.5, 0.6) is 0 Å². The molecule has 0 fully saturated rings. The van der Waals surface area contributed by atoms with Crippen LogP contribution in [-0.4, -0.2) is 5.84 Å². The first kappa shape index (κ1) is 7.44. The maximum atomic E-state index is 7.49. The minimum Gasteiger partial charge on any atom is -0.283 e. The molecular weight excluding hydrogens is 172 g/mol. The fourth-order valence-corrected chi connectivity index (χ4v) is 1.81. The van der Waals surface area contributed by atoms with E-state index in [4.69, 9.17) is 5.41 Å². The van der Waals surface area contributed by atoms with Crippen LogP contribution in [0.1, 0.15) is 0 Å². The standard InChI is InChI=1S/C12H8N2/c13-11-7-9-6-5-8-3-1-2-4-10(8)12(9)14-11/h1-7,13H. The highest BCUT2D eigenvalue weighted by atomic mass is 14.8. The van der Waals surface area contributed by atoms with Crippen molar-refractivity contribution in [3.63, 3.8) is 0 Å². The lowest BCUT2D eigenvalue weighted by atomic mass is 10.1. The second kappa shape index (κ2) is 2.51. The zero-order chi connectivity index (χ0) is 9.54. The van der Waals surface area contributed by atoms with Gasteiger partial charge in [-0.05, 0) is 11.5 Å². The van der Waals surface area contributed by atoms with Gasteiger partial charge in [0.05, 0.1) is 5.36 Å². The molecule has 0 aromatic heterocycles. The zero-order valence-corrected chi connectivity index (χ0v) is 7.49. The molecule has 2 aromatic carbocycles. The minimum absolute atomic E-state index is 0.344. The van der Waals surface area contributed by atoms with Gasteiger partial charge in [-0.25, -0.2) is 4.99 Å². The van der Waals surface area contributed by atoms with E-state index in [-0.39, 0.29) is 0 Å². The highest BCUT2D eigenvalue weighted by molar-refractivity contribution is 6.09. The smallest absolute Gasteiger partial charge is 0.145 e. The van der Waals surface area contributed by atoms with Gasteiger partial charge in [-0.3, -0.25) is 5.41 Å². The van der Waals surface area contributed by atoms with Crippen LogP contribution in [0.25, 0.3) is 16.8 Å². The number of nitrogens with zero attached hydrogens (tertiary/aromatic N) is 1. The normalized spacial score (nSPS) is 13.6. The van der Waals surface area contributed by atoms with Crippen molar-refractivity contribution in [2.24, 2.45) is 4.99 Å². The lowest BCUT2D eigenvalue weighted by molar-refractivity contribution is 1.40. The van der Waals surface area contributed by atoms with Crippen LogP contribution in [-0.2, 0) is 0 Å².